The number of fused-ring (bicyclic) bond motifs is 1. The summed E-state index contributed by atoms with van der Waals surface area (Å²) in [6.07, 6.45) is 0.952. The Morgan fingerprint density at radius 3 is 3.08 bits per heavy atom. The van der Waals surface area contributed by atoms with Gasteiger partial charge in [-0.1, -0.05) is 0 Å². The summed E-state index contributed by atoms with van der Waals surface area (Å²) in [5.41, 5.74) is 6.51. The van der Waals surface area contributed by atoms with E-state index in [1.807, 2.05) is 0 Å². The SMILES string of the molecule is Cc1cnc2c(n1)N[C@H](N)NC2=O. The van der Waals surface area contributed by atoms with Crippen LogP contribution in [0.3, 0.4) is 0 Å². The number of rotatable bonds is 0. The molecule has 1 amide bonds. The van der Waals surface area contributed by atoms with Gasteiger partial charge in [0.05, 0.1) is 5.69 Å². The maximum absolute atomic E-state index is 11.3. The molecule has 1 aromatic heterocycles. The molecular formula is C7H9N5O. The zero-order valence-corrected chi connectivity index (χ0v) is 7.03. The number of amides is 1. The van der Waals surface area contributed by atoms with Crippen molar-refractivity contribution in [3.8, 4) is 0 Å². The molecule has 0 unspecified atom stereocenters. The summed E-state index contributed by atoms with van der Waals surface area (Å²) >= 11 is 0. The normalized spacial score (nSPS) is 20.2. The van der Waals surface area contributed by atoms with E-state index in [4.69, 9.17) is 5.73 Å². The number of carbonyl (C=O) groups excluding carboxylic acids is 1. The third kappa shape index (κ3) is 1.31. The zero-order chi connectivity index (χ0) is 9.42. The first kappa shape index (κ1) is 7.93. The first-order valence-corrected chi connectivity index (χ1v) is 3.83. The van der Waals surface area contributed by atoms with Gasteiger partial charge in [0.1, 0.15) is 0 Å². The van der Waals surface area contributed by atoms with Crippen LogP contribution in [0.15, 0.2) is 6.20 Å². The van der Waals surface area contributed by atoms with Crippen LogP contribution in [-0.4, -0.2) is 22.2 Å². The van der Waals surface area contributed by atoms with E-state index in [9.17, 15) is 4.79 Å². The van der Waals surface area contributed by atoms with Crippen LogP contribution in [0.5, 0.6) is 0 Å². The van der Waals surface area contributed by atoms with Crippen molar-refractivity contribution in [3.05, 3.63) is 17.6 Å². The highest BCUT2D eigenvalue weighted by Gasteiger charge is 2.23. The van der Waals surface area contributed by atoms with E-state index in [0.717, 1.165) is 5.69 Å². The molecule has 0 aromatic carbocycles. The highest BCUT2D eigenvalue weighted by Crippen LogP contribution is 2.13. The summed E-state index contributed by atoms with van der Waals surface area (Å²) in [5.74, 6) is 0.144. The number of hydrogen-bond donors (Lipinski definition) is 3. The molecule has 0 saturated heterocycles. The van der Waals surface area contributed by atoms with Crippen molar-refractivity contribution in [2.75, 3.05) is 5.32 Å². The molecular weight excluding hydrogens is 170 g/mol. The largest absolute Gasteiger partial charge is 0.336 e. The minimum absolute atomic E-state index is 0.285. The van der Waals surface area contributed by atoms with Crippen molar-refractivity contribution in [2.24, 2.45) is 5.73 Å². The minimum Gasteiger partial charge on any atom is -0.336 e. The van der Waals surface area contributed by atoms with Gasteiger partial charge in [0.25, 0.3) is 5.91 Å². The maximum atomic E-state index is 11.3. The lowest BCUT2D eigenvalue weighted by Gasteiger charge is -2.22. The van der Waals surface area contributed by atoms with Gasteiger partial charge in [-0.05, 0) is 6.92 Å². The van der Waals surface area contributed by atoms with Crippen molar-refractivity contribution in [3.63, 3.8) is 0 Å². The lowest BCUT2D eigenvalue weighted by Crippen LogP contribution is -2.51. The highest BCUT2D eigenvalue weighted by atomic mass is 16.2. The molecule has 0 spiro atoms. The minimum atomic E-state index is -0.587. The molecule has 0 saturated carbocycles. The summed E-state index contributed by atoms with van der Waals surface area (Å²) in [7, 11) is 0. The molecule has 0 bridgehead atoms. The van der Waals surface area contributed by atoms with Crippen molar-refractivity contribution in [1.29, 1.82) is 0 Å². The van der Waals surface area contributed by atoms with Gasteiger partial charge in [-0.2, -0.15) is 0 Å². The molecule has 1 aliphatic heterocycles. The lowest BCUT2D eigenvalue weighted by atomic mass is 10.3. The van der Waals surface area contributed by atoms with Gasteiger partial charge in [-0.3, -0.25) is 10.5 Å². The number of aromatic nitrogens is 2. The van der Waals surface area contributed by atoms with Gasteiger partial charge in [0.2, 0.25) is 0 Å². The maximum Gasteiger partial charge on any atom is 0.276 e. The molecule has 6 heteroatoms. The average molecular weight is 179 g/mol. The molecule has 68 valence electrons. The molecule has 13 heavy (non-hydrogen) atoms. The smallest absolute Gasteiger partial charge is 0.276 e. The van der Waals surface area contributed by atoms with Crippen LogP contribution in [0.25, 0.3) is 0 Å². The van der Waals surface area contributed by atoms with E-state index in [-0.39, 0.29) is 11.6 Å². The van der Waals surface area contributed by atoms with Gasteiger partial charge in [-0.25, -0.2) is 9.97 Å². The van der Waals surface area contributed by atoms with E-state index in [0.29, 0.717) is 5.82 Å². The molecule has 1 aliphatic rings. The predicted molar refractivity (Wildman–Crippen MR) is 45.8 cm³/mol. The number of aryl methyl sites for hydroxylation is 1. The summed E-state index contributed by atoms with van der Waals surface area (Å²) in [5, 5.41) is 5.28. The quantitative estimate of drug-likeness (QED) is 0.484. The van der Waals surface area contributed by atoms with Crippen LogP contribution in [0.2, 0.25) is 0 Å². The first-order valence-electron chi connectivity index (χ1n) is 3.83. The summed E-state index contributed by atoms with van der Waals surface area (Å²) in [4.78, 5) is 19.3. The van der Waals surface area contributed by atoms with Crippen molar-refractivity contribution in [1.82, 2.24) is 15.3 Å². The molecule has 0 aliphatic carbocycles. The highest BCUT2D eigenvalue weighted by molar-refractivity contribution is 5.98. The Hall–Kier alpha value is -1.69. The number of nitrogens with one attached hydrogen (secondary N) is 2. The predicted octanol–water partition coefficient (Wildman–Crippen LogP) is -0.817. The van der Waals surface area contributed by atoms with E-state index < -0.39 is 6.29 Å². The van der Waals surface area contributed by atoms with Gasteiger partial charge in [0.15, 0.2) is 17.8 Å². The van der Waals surface area contributed by atoms with Gasteiger partial charge in [-0.15, -0.1) is 0 Å². The first-order chi connectivity index (χ1) is 6.16. The average Bonchev–Trinajstić information content (AvgIpc) is 2.02. The summed E-state index contributed by atoms with van der Waals surface area (Å²) < 4.78 is 0. The molecule has 2 heterocycles. The third-order valence-corrected chi connectivity index (χ3v) is 1.69. The van der Waals surface area contributed by atoms with Crippen molar-refractivity contribution < 1.29 is 4.79 Å². The fourth-order valence-corrected chi connectivity index (χ4v) is 1.14. The van der Waals surface area contributed by atoms with Crippen molar-refractivity contribution >= 4 is 11.7 Å². The monoisotopic (exact) mass is 179 g/mol. The summed E-state index contributed by atoms with van der Waals surface area (Å²) in [6, 6.07) is 0. The van der Waals surface area contributed by atoms with E-state index in [1.165, 1.54) is 6.20 Å². The Morgan fingerprint density at radius 2 is 2.31 bits per heavy atom. The second kappa shape index (κ2) is 2.67. The van der Waals surface area contributed by atoms with Crippen molar-refractivity contribution in [2.45, 2.75) is 13.2 Å². The van der Waals surface area contributed by atoms with Crippen LogP contribution in [-0.2, 0) is 0 Å². The van der Waals surface area contributed by atoms with E-state index in [1.54, 1.807) is 6.92 Å². The molecule has 1 atom stereocenters. The molecule has 6 nitrogen and oxygen atoms in total. The van der Waals surface area contributed by atoms with Crippen LogP contribution in [0.4, 0.5) is 5.82 Å². The third-order valence-electron chi connectivity index (χ3n) is 1.69. The number of carbonyl (C=O) groups is 1. The molecule has 4 N–H and O–H groups in total. The number of hydrogen-bond acceptors (Lipinski definition) is 5. The van der Waals surface area contributed by atoms with E-state index in [2.05, 4.69) is 20.6 Å². The Balaban J connectivity index is 2.49. The second-order valence-electron chi connectivity index (χ2n) is 2.80. The van der Waals surface area contributed by atoms with E-state index >= 15 is 0 Å². The van der Waals surface area contributed by atoms with Crippen LogP contribution in [0, 0.1) is 6.92 Å². The fraction of sp³-hybridized carbons (Fsp3) is 0.286. The topological polar surface area (TPSA) is 92.9 Å². The molecule has 2 rings (SSSR count). The van der Waals surface area contributed by atoms with Gasteiger partial charge >= 0.3 is 0 Å². The Kier molecular flexibility index (Phi) is 1.63. The standard InChI is InChI=1S/C7H9N5O/c1-3-2-9-4-5(10-3)11-7(8)12-6(4)13/h2,7H,8H2,1H3,(H,10,11)(H,12,13)/t7-/m0/s1. The van der Waals surface area contributed by atoms with Crippen LogP contribution >= 0.6 is 0 Å². The van der Waals surface area contributed by atoms with Crippen LogP contribution in [0.1, 0.15) is 16.2 Å². The Morgan fingerprint density at radius 1 is 1.54 bits per heavy atom. The second-order valence-corrected chi connectivity index (χ2v) is 2.80. The molecule has 1 aromatic rings. The van der Waals surface area contributed by atoms with Crippen LogP contribution < -0.4 is 16.4 Å². The Labute approximate surface area is 74.6 Å². The summed E-state index contributed by atoms with van der Waals surface area (Å²) in [6.45, 7) is 1.80. The number of nitrogens with zero attached hydrogens (tertiary/aromatic N) is 2. The van der Waals surface area contributed by atoms with Gasteiger partial charge in [0, 0.05) is 6.20 Å². The number of anilines is 1. The van der Waals surface area contributed by atoms with Gasteiger partial charge < -0.3 is 10.6 Å². The number of nitrogens with two attached hydrogens (primary N) is 1. The lowest BCUT2D eigenvalue weighted by molar-refractivity contribution is 0.0931. The zero-order valence-electron chi connectivity index (χ0n) is 7.03. The Bertz CT molecular complexity index is 364. The molecule has 0 fully saturated rings. The fourth-order valence-electron chi connectivity index (χ4n) is 1.14. The molecule has 0 radical (unpaired) electrons.